The van der Waals surface area contributed by atoms with E-state index in [2.05, 4.69) is 61.5 Å². The number of nitrogens with zero attached hydrogens (tertiary/aromatic N) is 1. The standard InChI is InChI=1S/C29H27NO2/c1-3-32-27-15-9-8-14-24(27)25-18-28(31)30(19-22-12-5-4-10-20(22)2)26-17-16-21-11-6-7-13-23(21)29(25)26/h4-17,25H,3,18-19H2,1-2H3. The fraction of sp³-hybridized carbons (Fsp3) is 0.207. The molecule has 1 aliphatic rings. The van der Waals surface area contributed by atoms with Gasteiger partial charge in [-0.25, -0.2) is 0 Å². The summed E-state index contributed by atoms with van der Waals surface area (Å²) >= 11 is 0. The fourth-order valence-electron chi connectivity index (χ4n) is 4.86. The average Bonchev–Trinajstić information content (AvgIpc) is 2.82. The number of aryl methyl sites for hydroxylation is 1. The van der Waals surface area contributed by atoms with Crippen LogP contribution >= 0.6 is 0 Å². The van der Waals surface area contributed by atoms with Crippen molar-refractivity contribution in [2.75, 3.05) is 11.5 Å². The van der Waals surface area contributed by atoms with Crippen LogP contribution in [0.25, 0.3) is 10.8 Å². The Hall–Kier alpha value is -3.59. The zero-order chi connectivity index (χ0) is 22.1. The summed E-state index contributed by atoms with van der Waals surface area (Å²) < 4.78 is 5.97. The number of rotatable bonds is 5. The van der Waals surface area contributed by atoms with E-state index in [-0.39, 0.29) is 11.8 Å². The van der Waals surface area contributed by atoms with Gasteiger partial charge in [-0.3, -0.25) is 4.79 Å². The molecule has 0 radical (unpaired) electrons. The Labute approximate surface area is 189 Å². The van der Waals surface area contributed by atoms with Gasteiger partial charge in [0.1, 0.15) is 5.75 Å². The number of anilines is 1. The largest absolute Gasteiger partial charge is 0.494 e. The van der Waals surface area contributed by atoms with Crippen LogP contribution in [0.5, 0.6) is 5.75 Å². The smallest absolute Gasteiger partial charge is 0.228 e. The van der Waals surface area contributed by atoms with Crippen LogP contribution in [-0.2, 0) is 11.3 Å². The maximum absolute atomic E-state index is 13.5. The van der Waals surface area contributed by atoms with Gasteiger partial charge in [0.15, 0.2) is 0 Å². The lowest BCUT2D eigenvalue weighted by Crippen LogP contribution is -2.36. The highest BCUT2D eigenvalue weighted by Gasteiger charge is 2.35. The topological polar surface area (TPSA) is 29.5 Å². The molecular weight excluding hydrogens is 394 g/mol. The first kappa shape index (κ1) is 20.3. The Bertz CT molecular complexity index is 1290. The maximum Gasteiger partial charge on any atom is 0.228 e. The number of hydrogen-bond donors (Lipinski definition) is 0. The molecular formula is C29H27NO2. The number of amides is 1. The van der Waals surface area contributed by atoms with Gasteiger partial charge < -0.3 is 9.64 Å². The second kappa shape index (κ2) is 8.51. The molecule has 1 heterocycles. The molecule has 160 valence electrons. The Morgan fingerprint density at radius 3 is 2.50 bits per heavy atom. The Kier molecular flexibility index (Phi) is 5.40. The van der Waals surface area contributed by atoms with Gasteiger partial charge in [-0.2, -0.15) is 0 Å². The van der Waals surface area contributed by atoms with Crippen molar-refractivity contribution in [3.8, 4) is 5.75 Å². The predicted molar refractivity (Wildman–Crippen MR) is 130 cm³/mol. The van der Waals surface area contributed by atoms with E-state index >= 15 is 0 Å². The third-order valence-electron chi connectivity index (χ3n) is 6.45. The number of carbonyl (C=O) groups excluding carboxylic acids is 1. The van der Waals surface area contributed by atoms with Crippen molar-refractivity contribution < 1.29 is 9.53 Å². The molecule has 4 aromatic carbocycles. The monoisotopic (exact) mass is 421 g/mol. The lowest BCUT2D eigenvalue weighted by Gasteiger charge is -2.36. The summed E-state index contributed by atoms with van der Waals surface area (Å²) in [4.78, 5) is 15.5. The molecule has 0 aromatic heterocycles. The Morgan fingerprint density at radius 2 is 1.66 bits per heavy atom. The van der Waals surface area contributed by atoms with E-state index in [9.17, 15) is 4.79 Å². The van der Waals surface area contributed by atoms with E-state index in [0.717, 1.165) is 17.0 Å². The van der Waals surface area contributed by atoms with Crippen LogP contribution in [0.4, 0.5) is 5.69 Å². The molecule has 0 fully saturated rings. The Morgan fingerprint density at radius 1 is 0.906 bits per heavy atom. The molecule has 1 unspecified atom stereocenters. The van der Waals surface area contributed by atoms with Crippen molar-refractivity contribution in [1.29, 1.82) is 0 Å². The molecule has 4 aromatic rings. The number of fused-ring (bicyclic) bond motifs is 3. The zero-order valence-electron chi connectivity index (χ0n) is 18.5. The van der Waals surface area contributed by atoms with Gasteiger partial charge in [-0.05, 0) is 53.4 Å². The first-order chi connectivity index (χ1) is 15.7. The molecule has 0 spiro atoms. The van der Waals surface area contributed by atoms with Crippen LogP contribution in [0.3, 0.4) is 0 Å². The highest BCUT2D eigenvalue weighted by Crippen LogP contribution is 2.46. The minimum Gasteiger partial charge on any atom is -0.494 e. The summed E-state index contributed by atoms with van der Waals surface area (Å²) in [6, 6.07) is 29.1. The van der Waals surface area contributed by atoms with Gasteiger partial charge in [0.2, 0.25) is 5.91 Å². The summed E-state index contributed by atoms with van der Waals surface area (Å²) in [7, 11) is 0. The van der Waals surface area contributed by atoms with Crippen LogP contribution in [0, 0.1) is 6.92 Å². The average molecular weight is 422 g/mol. The number of para-hydroxylation sites is 1. The SMILES string of the molecule is CCOc1ccccc1C1CC(=O)N(Cc2ccccc2C)c2ccc3ccccc3c21. The van der Waals surface area contributed by atoms with Crippen LogP contribution in [0.1, 0.15) is 41.5 Å². The first-order valence-corrected chi connectivity index (χ1v) is 11.3. The van der Waals surface area contributed by atoms with Crippen LogP contribution in [-0.4, -0.2) is 12.5 Å². The molecule has 0 N–H and O–H groups in total. The van der Waals surface area contributed by atoms with E-state index < -0.39 is 0 Å². The first-order valence-electron chi connectivity index (χ1n) is 11.3. The van der Waals surface area contributed by atoms with E-state index in [4.69, 9.17) is 4.74 Å². The minimum atomic E-state index is -0.0422. The molecule has 32 heavy (non-hydrogen) atoms. The molecule has 1 aliphatic heterocycles. The molecule has 1 amide bonds. The molecule has 5 rings (SSSR count). The van der Waals surface area contributed by atoms with Gasteiger partial charge in [-0.1, -0.05) is 72.8 Å². The van der Waals surface area contributed by atoms with Crippen molar-refractivity contribution in [1.82, 2.24) is 0 Å². The normalized spacial score (nSPS) is 15.6. The quantitative estimate of drug-likeness (QED) is 0.363. The molecule has 1 atom stereocenters. The lowest BCUT2D eigenvalue weighted by molar-refractivity contribution is -0.119. The van der Waals surface area contributed by atoms with E-state index in [1.165, 1.54) is 27.5 Å². The second-order valence-electron chi connectivity index (χ2n) is 8.35. The van der Waals surface area contributed by atoms with Gasteiger partial charge in [0.05, 0.1) is 13.2 Å². The van der Waals surface area contributed by atoms with Gasteiger partial charge in [-0.15, -0.1) is 0 Å². The van der Waals surface area contributed by atoms with E-state index in [1.807, 2.05) is 42.2 Å². The van der Waals surface area contributed by atoms with Crippen molar-refractivity contribution >= 4 is 22.4 Å². The summed E-state index contributed by atoms with van der Waals surface area (Å²) in [6.07, 6.45) is 0.428. The lowest BCUT2D eigenvalue weighted by atomic mass is 9.80. The molecule has 0 saturated carbocycles. The number of hydrogen-bond acceptors (Lipinski definition) is 2. The molecule has 3 nitrogen and oxygen atoms in total. The Balaban J connectivity index is 1.70. The predicted octanol–water partition coefficient (Wildman–Crippen LogP) is 6.62. The third kappa shape index (κ3) is 3.54. The molecule has 0 bridgehead atoms. The van der Waals surface area contributed by atoms with Gasteiger partial charge in [0, 0.05) is 23.6 Å². The van der Waals surface area contributed by atoms with Crippen molar-refractivity contribution in [3.05, 3.63) is 107 Å². The molecule has 3 heteroatoms. The maximum atomic E-state index is 13.5. The number of ether oxygens (including phenoxy) is 1. The number of carbonyl (C=O) groups is 1. The van der Waals surface area contributed by atoms with E-state index in [1.54, 1.807) is 0 Å². The molecule has 0 saturated heterocycles. The van der Waals surface area contributed by atoms with Crippen molar-refractivity contribution in [3.63, 3.8) is 0 Å². The molecule has 0 aliphatic carbocycles. The second-order valence-corrected chi connectivity index (χ2v) is 8.35. The minimum absolute atomic E-state index is 0.0422. The van der Waals surface area contributed by atoms with Crippen molar-refractivity contribution in [2.24, 2.45) is 0 Å². The summed E-state index contributed by atoms with van der Waals surface area (Å²) in [5.41, 5.74) is 5.67. The van der Waals surface area contributed by atoms with Crippen LogP contribution < -0.4 is 9.64 Å². The van der Waals surface area contributed by atoms with Crippen molar-refractivity contribution in [2.45, 2.75) is 32.7 Å². The van der Waals surface area contributed by atoms with Crippen LogP contribution in [0.15, 0.2) is 84.9 Å². The van der Waals surface area contributed by atoms with E-state index in [0.29, 0.717) is 19.6 Å². The van der Waals surface area contributed by atoms with Gasteiger partial charge in [0.25, 0.3) is 0 Å². The summed E-state index contributed by atoms with van der Waals surface area (Å²) in [5, 5.41) is 2.39. The zero-order valence-corrected chi connectivity index (χ0v) is 18.5. The summed E-state index contributed by atoms with van der Waals surface area (Å²) in [5.74, 6) is 0.964. The van der Waals surface area contributed by atoms with Gasteiger partial charge >= 0.3 is 0 Å². The number of benzene rings is 4. The highest BCUT2D eigenvalue weighted by atomic mass is 16.5. The fourth-order valence-corrected chi connectivity index (χ4v) is 4.86. The highest BCUT2D eigenvalue weighted by molar-refractivity contribution is 6.03. The summed E-state index contributed by atoms with van der Waals surface area (Å²) in [6.45, 7) is 5.28. The van der Waals surface area contributed by atoms with Crippen LogP contribution in [0.2, 0.25) is 0 Å². The third-order valence-corrected chi connectivity index (χ3v) is 6.45.